The van der Waals surface area contributed by atoms with Gasteiger partial charge in [0.05, 0.1) is 112 Å². The SMILES string of the molecule is Cc1ccc2c(c1)sc1c(-n3c4ccccc4c4ccccc43)cc3oc4cc(-n5c6ccccc6c6ccccc65)c5sc6cc(C)ccc6n6c7cc(-n8c9ccccc9c9ccccc98)cc8c7p(c3c1n28)c4c56. The lowest BCUT2D eigenvalue weighted by molar-refractivity contribution is 0.663. The van der Waals surface area contributed by atoms with E-state index < -0.39 is 7.34 Å². The van der Waals surface area contributed by atoms with Crippen molar-refractivity contribution >= 4 is 174 Å². The maximum atomic E-state index is 7.83. The first kappa shape index (κ1) is 41.2. The molecule has 0 atom stereocenters. The highest BCUT2D eigenvalue weighted by molar-refractivity contribution is 7.64. The number of hydrogen-bond acceptors (Lipinski definition) is 3. The Labute approximate surface area is 446 Å². The van der Waals surface area contributed by atoms with Gasteiger partial charge in [-0.2, -0.15) is 0 Å². The molecule has 0 saturated carbocycles. The third-order valence-corrected chi connectivity index (χ3v) is 21.8. The number of hydrogen-bond donors (Lipinski definition) is 0. The number of para-hydroxylation sites is 6. The van der Waals surface area contributed by atoms with Crippen molar-refractivity contribution in [3.63, 3.8) is 0 Å². The number of aromatic nitrogens is 5. The molecule has 0 aliphatic rings. The standard InChI is InChI=1S/C68H40N5OPS2/c1-37-27-29-52-60(31-37)76-67-56(70-48-23-11-5-17-42(48)43-18-6-12-24-49(43)70)35-58-65-62(67)72(52)54-33-39(69-46-21-9-3-15-40(46)41-16-4-10-22-47(41)69)34-55-64(54)75(65)66-59(74-58)36-57(68-63(66)73(55)53-30-28-38(2)32-61(53)77-68)71-50-25-13-7-19-44(50)45-20-8-14-26-51(45)71/h3-36H,1-2H3. The van der Waals surface area contributed by atoms with Gasteiger partial charge in [-0.05, 0) is 97.8 Å². The lowest BCUT2D eigenvalue weighted by Crippen LogP contribution is -2.06. The van der Waals surface area contributed by atoms with E-state index in [-0.39, 0.29) is 0 Å². The third-order valence-electron chi connectivity index (χ3n) is 16.8. The maximum absolute atomic E-state index is 7.83. The van der Waals surface area contributed by atoms with Crippen molar-refractivity contribution in [3.8, 4) is 17.1 Å². The Hall–Kier alpha value is -9.04. The molecule has 11 aromatic carbocycles. The Kier molecular flexibility index (Phi) is 7.74. The van der Waals surface area contributed by atoms with Gasteiger partial charge in [-0.1, -0.05) is 129 Å². The summed E-state index contributed by atoms with van der Waals surface area (Å²) in [5.41, 5.74) is 22.0. The molecule has 9 heteroatoms. The zero-order valence-electron chi connectivity index (χ0n) is 41.5. The fourth-order valence-electron chi connectivity index (χ4n) is 13.8. The maximum Gasteiger partial charge on any atom is 0.143 e. The average molecular weight is 1040 g/mol. The largest absolute Gasteiger partial charge is 0.455 e. The van der Waals surface area contributed by atoms with E-state index in [4.69, 9.17) is 4.42 Å². The predicted molar refractivity (Wildman–Crippen MR) is 330 cm³/mol. The third kappa shape index (κ3) is 5.12. The second-order valence-corrected chi connectivity index (χ2v) is 25.2. The van der Waals surface area contributed by atoms with Gasteiger partial charge < -0.3 is 26.9 Å². The molecule has 0 N–H and O–H groups in total. The van der Waals surface area contributed by atoms with Crippen LogP contribution in [-0.2, 0) is 0 Å². The summed E-state index contributed by atoms with van der Waals surface area (Å²) in [7, 11) is -1.20. The van der Waals surface area contributed by atoms with Gasteiger partial charge in [0.25, 0.3) is 0 Å². The lowest BCUT2D eigenvalue weighted by Gasteiger charge is -2.27. The molecule has 360 valence electrons. The van der Waals surface area contributed by atoms with Crippen LogP contribution in [0.2, 0.25) is 0 Å². The van der Waals surface area contributed by atoms with Gasteiger partial charge in [-0.25, -0.2) is 0 Å². The van der Waals surface area contributed by atoms with E-state index in [9.17, 15) is 0 Å². The summed E-state index contributed by atoms with van der Waals surface area (Å²) in [4.78, 5) is 0. The zero-order chi connectivity index (χ0) is 50.1. The number of rotatable bonds is 3. The monoisotopic (exact) mass is 1040 g/mol. The summed E-state index contributed by atoms with van der Waals surface area (Å²) < 4.78 is 25.6. The van der Waals surface area contributed by atoms with Gasteiger partial charge in [0, 0.05) is 49.6 Å². The van der Waals surface area contributed by atoms with Crippen LogP contribution in [0.3, 0.4) is 0 Å². The van der Waals surface area contributed by atoms with Crippen molar-refractivity contribution in [3.05, 3.63) is 217 Å². The molecule has 0 aliphatic heterocycles. The molecule has 0 bridgehead atoms. The van der Waals surface area contributed by atoms with Crippen LogP contribution in [-0.4, -0.2) is 22.5 Å². The van der Waals surface area contributed by atoms with E-state index in [1.54, 1.807) is 0 Å². The van der Waals surface area contributed by atoms with Crippen molar-refractivity contribution in [1.29, 1.82) is 0 Å². The molecule has 77 heavy (non-hydrogen) atoms. The molecule has 0 fully saturated rings. The molecule has 6 nitrogen and oxygen atoms in total. The van der Waals surface area contributed by atoms with Crippen molar-refractivity contribution in [2.45, 2.75) is 13.8 Å². The van der Waals surface area contributed by atoms with E-state index in [0.717, 1.165) is 28.2 Å². The summed E-state index contributed by atoms with van der Waals surface area (Å²) in [6.45, 7) is 4.45. The Bertz CT molecular complexity index is 5420. The number of benzene rings is 11. The molecule has 0 aliphatic carbocycles. The molecular weight excluding hydrogens is 998 g/mol. The highest BCUT2D eigenvalue weighted by atomic mass is 32.1. The first-order chi connectivity index (χ1) is 38.0. The summed E-state index contributed by atoms with van der Waals surface area (Å²) in [6.07, 6.45) is 0. The number of aryl methyl sites for hydroxylation is 2. The highest BCUT2D eigenvalue weighted by Crippen LogP contribution is 2.60. The average Bonchev–Trinajstić information content (AvgIpc) is 3.71. The van der Waals surface area contributed by atoms with Crippen LogP contribution in [0.1, 0.15) is 11.1 Å². The van der Waals surface area contributed by atoms with Gasteiger partial charge in [0.15, 0.2) is 0 Å². The van der Waals surface area contributed by atoms with Crippen LogP contribution in [0.15, 0.2) is 211 Å². The topological polar surface area (TPSA) is 36.8 Å². The Morgan fingerprint density at radius 1 is 0.338 bits per heavy atom. The van der Waals surface area contributed by atoms with Crippen molar-refractivity contribution in [2.75, 3.05) is 0 Å². The smallest absolute Gasteiger partial charge is 0.143 e. The zero-order valence-corrected chi connectivity index (χ0v) is 44.1. The normalized spacial score (nSPS) is 12.8. The Balaban J connectivity index is 1.13. The second kappa shape index (κ2) is 14.5. The Morgan fingerprint density at radius 2 is 0.688 bits per heavy atom. The van der Waals surface area contributed by atoms with E-state index in [1.165, 1.54) is 144 Å². The minimum absolute atomic E-state index is 0.921. The van der Waals surface area contributed by atoms with Crippen LogP contribution in [0.5, 0.6) is 0 Å². The summed E-state index contributed by atoms with van der Waals surface area (Å²) >= 11 is 3.83. The number of nitrogens with zero attached hydrogens (tertiary/aromatic N) is 5. The summed E-state index contributed by atoms with van der Waals surface area (Å²) in [5.74, 6) is 0. The molecule has 8 aromatic heterocycles. The molecule has 0 saturated heterocycles. The van der Waals surface area contributed by atoms with Gasteiger partial charge >= 0.3 is 0 Å². The van der Waals surface area contributed by atoms with Crippen LogP contribution in [0, 0.1) is 13.8 Å². The van der Waals surface area contributed by atoms with Gasteiger partial charge in [0.1, 0.15) is 11.2 Å². The molecule has 0 amide bonds. The number of fused-ring (bicyclic) bond motifs is 15. The predicted octanol–water partition coefficient (Wildman–Crippen LogP) is 20.2. The lowest BCUT2D eigenvalue weighted by atomic mass is 10.1. The molecular formula is C68H40N5OPS2. The fraction of sp³-hybridized carbons (Fsp3) is 0.0294. The van der Waals surface area contributed by atoms with E-state index in [1.807, 2.05) is 22.7 Å². The molecule has 0 radical (unpaired) electrons. The van der Waals surface area contributed by atoms with Crippen LogP contribution < -0.4 is 0 Å². The molecule has 0 unspecified atom stereocenters. The molecule has 19 rings (SSSR count). The first-order valence-electron chi connectivity index (χ1n) is 26.2. The minimum Gasteiger partial charge on any atom is -0.455 e. The van der Waals surface area contributed by atoms with Crippen LogP contribution in [0.25, 0.3) is 161 Å². The summed E-state index contributed by atoms with van der Waals surface area (Å²) in [6, 6.07) is 77.5. The van der Waals surface area contributed by atoms with E-state index >= 15 is 0 Å². The van der Waals surface area contributed by atoms with Crippen LogP contribution >= 0.6 is 30.0 Å². The minimum atomic E-state index is -1.20. The van der Waals surface area contributed by atoms with Crippen molar-refractivity contribution < 1.29 is 4.42 Å². The van der Waals surface area contributed by atoms with Gasteiger partial charge in [-0.15, -0.1) is 22.7 Å². The summed E-state index contributed by atoms with van der Waals surface area (Å²) in [5, 5.41) is 11.4. The first-order valence-corrected chi connectivity index (χ1v) is 29.2. The molecule has 8 heterocycles. The second-order valence-electron chi connectivity index (χ2n) is 21.0. The van der Waals surface area contributed by atoms with Gasteiger partial charge in [0.2, 0.25) is 0 Å². The quantitative estimate of drug-likeness (QED) is 0.128. The van der Waals surface area contributed by atoms with Crippen LogP contribution in [0.4, 0.5) is 0 Å². The highest BCUT2D eigenvalue weighted by Gasteiger charge is 2.31. The van der Waals surface area contributed by atoms with Gasteiger partial charge in [-0.3, -0.25) is 0 Å². The fourth-order valence-corrected chi connectivity index (χ4v) is 19.5. The Morgan fingerprint density at radius 3 is 1.06 bits per heavy atom. The van der Waals surface area contributed by atoms with Crippen molar-refractivity contribution in [1.82, 2.24) is 22.5 Å². The molecule has 19 aromatic rings. The molecule has 0 spiro atoms. The van der Waals surface area contributed by atoms with E-state index in [0.29, 0.717) is 0 Å². The van der Waals surface area contributed by atoms with E-state index in [2.05, 4.69) is 243 Å². The van der Waals surface area contributed by atoms with Crippen molar-refractivity contribution in [2.24, 2.45) is 0 Å².